The first kappa shape index (κ1) is 9.34. The number of hydrazine groups is 3. The van der Waals surface area contributed by atoms with Crippen LogP contribution < -0.4 is 22.3 Å². The van der Waals surface area contributed by atoms with Gasteiger partial charge in [-0.2, -0.15) is 11.1 Å². The quantitative estimate of drug-likeness (QED) is 0.315. The average molecular weight is 184 g/mol. The Labute approximate surface area is 75.8 Å². The summed E-state index contributed by atoms with van der Waals surface area (Å²) in [4.78, 5) is 1.24. The van der Waals surface area contributed by atoms with Crippen LogP contribution in [-0.2, 0) is 0 Å². The van der Waals surface area contributed by atoms with Gasteiger partial charge in [0.05, 0.1) is 5.69 Å². The molecular formula is C7H12N4S. The monoisotopic (exact) mass is 184 g/mol. The van der Waals surface area contributed by atoms with E-state index in [-0.39, 0.29) is 0 Å². The van der Waals surface area contributed by atoms with Crippen LogP contribution in [0.4, 0.5) is 5.69 Å². The number of hydrogen-bond donors (Lipinski definition) is 4. The highest BCUT2D eigenvalue weighted by atomic mass is 32.2. The molecule has 0 heterocycles. The Bertz CT molecular complexity index is 223. The molecule has 0 atom stereocenters. The van der Waals surface area contributed by atoms with E-state index in [2.05, 4.69) is 16.5 Å². The molecule has 0 saturated carbocycles. The van der Waals surface area contributed by atoms with Crippen LogP contribution >= 0.6 is 11.8 Å². The molecular weight excluding hydrogens is 172 g/mol. The minimum Gasteiger partial charge on any atom is -0.307 e. The lowest BCUT2D eigenvalue weighted by Crippen LogP contribution is -2.41. The maximum absolute atomic E-state index is 5.00. The second kappa shape index (κ2) is 5.00. The molecule has 0 aliphatic rings. The predicted molar refractivity (Wildman–Crippen MR) is 52.3 cm³/mol. The van der Waals surface area contributed by atoms with Crippen molar-refractivity contribution in [2.45, 2.75) is 4.90 Å². The first-order valence-electron chi connectivity index (χ1n) is 3.47. The SMILES string of the molecule is CSc1ccc(NNNN)cc1. The molecule has 4 nitrogen and oxygen atoms in total. The number of nitrogens with one attached hydrogen (secondary N) is 3. The minimum atomic E-state index is 0.964. The molecule has 1 aromatic carbocycles. The molecule has 1 rings (SSSR count). The number of thioether (sulfide) groups is 1. The molecule has 5 N–H and O–H groups in total. The first-order chi connectivity index (χ1) is 5.86. The predicted octanol–water partition coefficient (Wildman–Crippen LogP) is 0.703. The van der Waals surface area contributed by atoms with Crippen LogP contribution in [0.1, 0.15) is 0 Å². The standard InChI is InChI=1S/C7H12N4S/c1-12-7-4-2-6(3-5-7)9-11-10-8/h2-5,9-11H,8H2,1H3. The lowest BCUT2D eigenvalue weighted by atomic mass is 10.3. The third-order valence-corrected chi connectivity index (χ3v) is 2.11. The fourth-order valence-corrected chi connectivity index (χ4v) is 1.19. The summed E-state index contributed by atoms with van der Waals surface area (Å²) < 4.78 is 0. The Morgan fingerprint density at radius 2 is 1.92 bits per heavy atom. The fraction of sp³-hybridized carbons (Fsp3) is 0.143. The largest absolute Gasteiger partial charge is 0.307 e. The van der Waals surface area contributed by atoms with Crippen molar-refractivity contribution in [3.63, 3.8) is 0 Å². The number of anilines is 1. The van der Waals surface area contributed by atoms with Gasteiger partial charge < -0.3 is 5.43 Å². The van der Waals surface area contributed by atoms with Gasteiger partial charge in [0.2, 0.25) is 0 Å². The number of benzene rings is 1. The molecule has 66 valence electrons. The van der Waals surface area contributed by atoms with Crippen LogP contribution in [0.3, 0.4) is 0 Å². The van der Waals surface area contributed by atoms with Crippen LogP contribution in [0.5, 0.6) is 0 Å². The maximum Gasteiger partial charge on any atom is 0.0502 e. The molecule has 1 aromatic rings. The third-order valence-electron chi connectivity index (χ3n) is 1.37. The van der Waals surface area contributed by atoms with Gasteiger partial charge in [-0.05, 0) is 30.5 Å². The lowest BCUT2D eigenvalue weighted by Gasteiger charge is -2.06. The van der Waals surface area contributed by atoms with Crippen molar-refractivity contribution < 1.29 is 0 Å². The fourth-order valence-electron chi connectivity index (χ4n) is 0.783. The summed E-state index contributed by atoms with van der Waals surface area (Å²) in [5.41, 5.74) is 8.67. The van der Waals surface area contributed by atoms with Crippen molar-refractivity contribution in [1.29, 1.82) is 0 Å². The van der Waals surface area contributed by atoms with E-state index in [1.165, 1.54) is 4.90 Å². The average Bonchev–Trinajstić information content (AvgIpc) is 2.15. The summed E-state index contributed by atoms with van der Waals surface area (Å²) in [6, 6.07) is 8.00. The zero-order chi connectivity index (χ0) is 8.81. The smallest absolute Gasteiger partial charge is 0.0502 e. The van der Waals surface area contributed by atoms with Gasteiger partial charge in [0.25, 0.3) is 0 Å². The lowest BCUT2D eigenvalue weighted by molar-refractivity contribution is 0.621. The van der Waals surface area contributed by atoms with Gasteiger partial charge in [0.15, 0.2) is 0 Å². The van der Waals surface area contributed by atoms with E-state index in [1.54, 1.807) is 11.8 Å². The third kappa shape index (κ3) is 2.71. The highest BCUT2D eigenvalue weighted by Crippen LogP contribution is 2.16. The highest BCUT2D eigenvalue weighted by Gasteiger charge is 1.90. The summed E-state index contributed by atoms with van der Waals surface area (Å²) in [5.74, 6) is 5.00. The van der Waals surface area contributed by atoms with Gasteiger partial charge in [-0.1, -0.05) is 0 Å². The maximum atomic E-state index is 5.00. The Hall–Kier alpha value is -0.750. The van der Waals surface area contributed by atoms with E-state index in [0.717, 1.165) is 5.69 Å². The van der Waals surface area contributed by atoms with E-state index in [1.807, 2.05) is 30.5 Å². The molecule has 0 fully saturated rings. The van der Waals surface area contributed by atoms with Crippen molar-refractivity contribution in [3.05, 3.63) is 24.3 Å². The van der Waals surface area contributed by atoms with E-state index >= 15 is 0 Å². The van der Waals surface area contributed by atoms with Gasteiger partial charge in [-0.15, -0.1) is 11.8 Å². The van der Waals surface area contributed by atoms with Crippen molar-refractivity contribution in [2.24, 2.45) is 5.84 Å². The molecule has 0 spiro atoms. The van der Waals surface area contributed by atoms with Gasteiger partial charge in [0.1, 0.15) is 0 Å². The Kier molecular flexibility index (Phi) is 3.89. The van der Waals surface area contributed by atoms with Gasteiger partial charge in [0, 0.05) is 4.90 Å². The van der Waals surface area contributed by atoms with Crippen LogP contribution in [0.2, 0.25) is 0 Å². The summed E-state index contributed by atoms with van der Waals surface area (Å²) in [5, 5.41) is 0. The van der Waals surface area contributed by atoms with E-state index in [0.29, 0.717) is 0 Å². The molecule has 0 saturated heterocycles. The van der Waals surface area contributed by atoms with E-state index < -0.39 is 0 Å². The summed E-state index contributed by atoms with van der Waals surface area (Å²) in [6.45, 7) is 0. The number of rotatable bonds is 4. The molecule has 0 amide bonds. The topological polar surface area (TPSA) is 62.1 Å². The minimum absolute atomic E-state index is 0.964. The summed E-state index contributed by atoms with van der Waals surface area (Å²) in [7, 11) is 0. The van der Waals surface area contributed by atoms with Crippen LogP contribution in [0.15, 0.2) is 29.2 Å². The zero-order valence-corrected chi connectivity index (χ0v) is 7.61. The molecule has 0 unspecified atom stereocenters. The number of nitrogens with two attached hydrogens (primary N) is 1. The van der Waals surface area contributed by atoms with Crippen LogP contribution in [0.25, 0.3) is 0 Å². The summed E-state index contributed by atoms with van der Waals surface area (Å²) in [6.07, 6.45) is 2.04. The highest BCUT2D eigenvalue weighted by molar-refractivity contribution is 7.98. The van der Waals surface area contributed by atoms with Crippen molar-refractivity contribution in [3.8, 4) is 0 Å². The molecule has 0 bridgehead atoms. The first-order valence-corrected chi connectivity index (χ1v) is 4.70. The molecule has 12 heavy (non-hydrogen) atoms. The van der Waals surface area contributed by atoms with Crippen LogP contribution in [0, 0.1) is 0 Å². The molecule has 5 heteroatoms. The normalized spacial score (nSPS) is 9.83. The molecule has 0 radical (unpaired) electrons. The van der Waals surface area contributed by atoms with Gasteiger partial charge in [-0.3, -0.25) is 5.84 Å². The van der Waals surface area contributed by atoms with Crippen molar-refractivity contribution in [2.75, 3.05) is 11.7 Å². The Morgan fingerprint density at radius 1 is 1.25 bits per heavy atom. The molecule has 0 aliphatic carbocycles. The van der Waals surface area contributed by atoms with Crippen molar-refractivity contribution in [1.82, 2.24) is 11.1 Å². The second-order valence-electron chi connectivity index (χ2n) is 2.12. The van der Waals surface area contributed by atoms with Crippen molar-refractivity contribution >= 4 is 17.4 Å². The Morgan fingerprint density at radius 3 is 2.42 bits per heavy atom. The van der Waals surface area contributed by atoms with Crippen LogP contribution in [-0.4, -0.2) is 6.26 Å². The molecule has 0 aliphatic heterocycles. The molecule has 0 aromatic heterocycles. The van der Waals surface area contributed by atoms with E-state index in [4.69, 9.17) is 5.84 Å². The zero-order valence-electron chi connectivity index (χ0n) is 6.79. The number of hydrogen-bond acceptors (Lipinski definition) is 5. The second-order valence-corrected chi connectivity index (χ2v) is 3.00. The Balaban J connectivity index is 2.53. The van der Waals surface area contributed by atoms with Gasteiger partial charge >= 0.3 is 0 Å². The summed E-state index contributed by atoms with van der Waals surface area (Å²) >= 11 is 1.71. The van der Waals surface area contributed by atoms with Gasteiger partial charge in [-0.25, -0.2) is 0 Å². The van der Waals surface area contributed by atoms with E-state index in [9.17, 15) is 0 Å².